The fraction of sp³-hybridized carbons (Fsp3) is 0.472. The molecule has 2 aliphatic heterocycles. The van der Waals surface area contributed by atoms with Crippen molar-refractivity contribution in [3.05, 3.63) is 66.4 Å². The molecular formula is C36H45N7O3. The average molecular weight is 624 g/mol. The normalized spacial score (nSPS) is 21.8. The highest BCUT2D eigenvalue weighted by molar-refractivity contribution is 6.04. The number of benzene rings is 2. The summed E-state index contributed by atoms with van der Waals surface area (Å²) in [7, 11) is 3.85. The van der Waals surface area contributed by atoms with Crippen LogP contribution in [0.1, 0.15) is 54.9 Å². The summed E-state index contributed by atoms with van der Waals surface area (Å²) in [5.74, 6) is 1.01. The number of hydrogen-bond donors (Lipinski definition) is 2. The van der Waals surface area contributed by atoms with Crippen LogP contribution in [0.5, 0.6) is 5.75 Å². The van der Waals surface area contributed by atoms with Crippen LogP contribution in [0, 0.1) is 0 Å². The molecule has 2 aromatic heterocycles. The SMILES string of the molecule is COc1ccccc1-c1cc(C(=O)Nc2nc3ccc(N4CCC(N5CCN(C)CC5)CC4)cc3n2[C@H]2CC[C@@H](O)CC2)ccn1. The van der Waals surface area contributed by atoms with Crippen LogP contribution in [0.4, 0.5) is 11.6 Å². The van der Waals surface area contributed by atoms with Crippen LogP contribution in [0.3, 0.4) is 0 Å². The number of ether oxygens (including phenoxy) is 1. The lowest BCUT2D eigenvalue weighted by Crippen LogP contribution is -2.52. The Bertz CT molecular complexity index is 1670. The number of aliphatic hydroxyl groups is 1. The number of methoxy groups -OCH3 is 1. The van der Waals surface area contributed by atoms with Gasteiger partial charge in [-0.1, -0.05) is 12.1 Å². The van der Waals surface area contributed by atoms with Crippen LogP contribution in [-0.4, -0.2) is 101 Å². The first-order chi connectivity index (χ1) is 22.5. The lowest BCUT2D eigenvalue weighted by molar-refractivity contribution is 0.0982. The molecule has 46 heavy (non-hydrogen) atoms. The summed E-state index contributed by atoms with van der Waals surface area (Å²) in [6.07, 6.45) is 6.88. The number of piperazine rings is 1. The van der Waals surface area contributed by atoms with Gasteiger partial charge >= 0.3 is 0 Å². The molecule has 2 aromatic carbocycles. The highest BCUT2D eigenvalue weighted by Crippen LogP contribution is 2.37. The van der Waals surface area contributed by atoms with E-state index in [2.05, 4.69) is 54.8 Å². The van der Waals surface area contributed by atoms with Gasteiger partial charge in [0, 0.05) is 74.4 Å². The zero-order valence-electron chi connectivity index (χ0n) is 26.9. The number of rotatable bonds is 7. The fourth-order valence-electron chi connectivity index (χ4n) is 7.48. The summed E-state index contributed by atoms with van der Waals surface area (Å²) in [4.78, 5) is 30.8. The van der Waals surface area contributed by atoms with Crippen molar-refractivity contribution in [1.29, 1.82) is 0 Å². The van der Waals surface area contributed by atoms with E-state index in [1.807, 2.05) is 24.3 Å². The summed E-state index contributed by atoms with van der Waals surface area (Å²) in [5, 5.41) is 13.4. The third-order valence-electron chi connectivity index (χ3n) is 10.2. The van der Waals surface area contributed by atoms with Crippen molar-refractivity contribution in [1.82, 2.24) is 24.3 Å². The molecule has 3 aliphatic rings. The Morgan fingerprint density at radius 2 is 1.65 bits per heavy atom. The highest BCUT2D eigenvalue weighted by Gasteiger charge is 2.29. The number of carbonyl (C=O) groups excluding carboxylic acids is 1. The number of carbonyl (C=O) groups is 1. The number of piperidine rings is 1. The minimum atomic E-state index is -0.272. The summed E-state index contributed by atoms with van der Waals surface area (Å²) in [5.41, 5.74) is 5.09. The fourth-order valence-corrected chi connectivity index (χ4v) is 7.48. The molecule has 242 valence electrons. The van der Waals surface area contributed by atoms with Gasteiger partial charge in [-0.2, -0.15) is 0 Å². The molecule has 0 atom stereocenters. The number of aromatic nitrogens is 3. The maximum absolute atomic E-state index is 13.7. The molecule has 4 aromatic rings. The third-order valence-corrected chi connectivity index (χ3v) is 10.2. The van der Waals surface area contributed by atoms with Gasteiger partial charge in [-0.15, -0.1) is 0 Å². The molecule has 2 saturated heterocycles. The second-order valence-electron chi connectivity index (χ2n) is 13.1. The second kappa shape index (κ2) is 13.4. The summed E-state index contributed by atoms with van der Waals surface area (Å²) < 4.78 is 7.74. The van der Waals surface area contributed by atoms with E-state index in [4.69, 9.17) is 9.72 Å². The largest absolute Gasteiger partial charge is 0.496 e. The molecule has 0 radical (unpaired) electrons. The molecule has 0 bridgehead atoms. The number of fused-ring (bicyclic) bond motifs is 1. The first-order valence-electron chi connectivity index (χ1n) is 16.7. The maximum atomic E-state index is 13.7. The predicted molar refractivity (Wildman–Crippen MR) is 182 cm³/mol. The van der Waals surface area contributed by atoms with Crippen molar-refractivity contribution in [3.8, 4) is 17.0 Å². The monoisotopic (exact) mass is 623 g/mol. The number of anilines is 2. The van der Waals surface area contributed by atoms with Gasteiger partial charge in [0.2, 0.25) is 5.95 Å². The van der Waals surface area contributed by atoms with E-state index in [0.717, 1.165) is 81.5 Å². The van der Waals surface area contributed by atoms with Gasteiger partial charge in [0.1, 0.15) is 5.75 Å². The van der Waals surface area contributed by atoms with Crippen LogP contribution in [0.25, 0.3) is 22.3 Å². The Labute approximate surface area is 271 Å². The quantitative estimate of drug-likeness (QED) is 0.295. The number of amides is 1. The Morgan fingerprint density at radius 1 is 0.891 bits per heavy atom. The van der Waals surface area contributed by atoms with Crippen molar-refractivity contribution in [2.45, 2.75) is 56.7 Å². The van der Waals surface area contributed by atoms with Crippen molar-refractivity contribution in [2.75, 3.05) is 63.6 Å². The van der Waals surface area contributed by atoms with Gasteiger partial charge < -0.3 is 24.2 Å². The van der Waals surface area contributed by atoms with E-state index in [9.17, 15) is 9.90 Å². The first kappa shape index (κ1) is 30.7. The third kappa shape index (κ3) is 6.34. The number of nitrogens with one attached hydrogen (secondary N) is 1. The molecule has 10 heteroatoms. The smallest absolute Gasteiger partial charge is 0.258 e. The molecule has 3 fully saturated rings. The van der Waals surface area contributed by atoms with E-state index >= 15 is 0 Å². The standard InChI is InChI=1S/C36H45N7O3/c1-40-19-21-42(22-20-40)26-14-17-41(18-15-26)28-9-12-31-33(24-28)43(27-7-10-29(44)11-8-27)36(38-31)39-35(45)25-13-16-37-32(23-25)30-5-3-4-6-34(30)46-2/h3-6,9,12-13,16,23-24,26-27,29,44H,7-8,10-11,14-15,17-22H2,1-2H3,(H,38,39,45)/t27-,29+. The Morgan fingerprint density at radius 3 is 2.41 bits per heavy atom. The summed E-state index contributed by atoms with van der Waals surface area (Å²) in [6, 6.07) is 18.5. The number of aliphatic hydroxyl groups excluding tert-OH is 1. The minimum Gasteiger partial charge on any atom is -0.496 e. The molecule has 10 nitrogen and oxygen atoms in total. The second-order valence-corrected chi connectivity index (χ2v) is 13.1. The lowest BCUT2D eigenvalue weighted by Gasteiger charge is -2.42. The Hall–Kier alpha value is -3.99. The Balaban J connectivity index is 1.14. The number of para-hydroxylation sites is 1. The summed E-state index contributed by atoms with van der Waals surface area (Å²) >= 11 is 0. The molecule has 0 spiro atoms. The molecule has 0 unspecified atom stereocenters. The van der Waals surface area contributed by atoms with Crippen LogP contribution in [-0.2, 0) is 0 Å². The van der Waals surface area contributed by atoms with Crippen molar-refractivity contribution in [2.24, 2.45) is 0 Å². The molecule has 1 aliphatic carbocycles. The number of pyridine rings is 1. The van der Waals surface area contributed by atoms with E-state index in [1.54, 1.807) is 25.4 Å². The molecule has 1 saturated carbocycles. The van der Waals surface area contributed by atoms with Crippen molar-refractivity contribution >= 4 is 28.6 Å². The van der Waals surface area contributed by atoms with Gasteiger partial charge in [0.25, 0.3) is 5.91 Å². The van der Waals surface area contributed by atoms with Gasteiger partial charge in [-0.25, -0.2) is 4.98 Å². The molecule has 2 N–H and O–H groups in total. The van der Waals surface area contributed by atoms with Gasteiger partial charge in [0.15, 0.2) is 0 Å². The van der Waals surface area contributed by atoms with Gasteiger partial charge in [0.05, 0.1) is 29.9 Å². The van der Waals surface area contributed by atoms with Crippen LogP contribution in [0.2, 0.25) is 0 Å². The topological polar surface area (TPSA) is 99.0 Å². The maximum Gasteiger partial charge on any atom is 0.258 e. The number of hydrogen-bond acceptors (Lipinski definition) is 8. The molecule has 4 heterocycles. The minimum absolute atomic E-state index is 0.142. The molecular weight excluding hydrogens is 578 g/mol. The summed E-state index contributed by atoms with van der Waals surface area (Å²) in [6.45, 7) is 6.71. The van der Waals surface area contributed by atoms with Gasteiger partial charge in [-0.05, 0) is 88.0 Å². The number of likely N-dealkylation sites (N-methyl/N-ethyl adjacent to an activating group) is 1. The zero-order valence-corrected chi connectivity index (χ0v) is 26.9. The Kier molecular flexibility index (Phi) is 8.93. The predicted octanol–water partition coefficient (Wildman–Crippen LogP) is 5.05. The molecule has 1 amide bonds. The van der Waals surface area contributed by atoms with E-state index in [-0.39, 0.29) is 18.1 Å². The van der Waals surface area contributed by atoms with Crippen LogP contribution < -0.4 is 15.0 Å². The van der Waals surface area contributed by atoms with E-state index < -0.39 is 0 Å². The van der Waals surface area contributed by atoms with Gasteiger partial charge in [-0.3, -0.25) is 20.0 Å². The average Bonchev–Trinajstić information content (AvgIpc) is 3.46. The number of nitrogens with zero attached hydrogens (tertiary/aromatic N) is 6. The molecule has 7 rings (SSSR count). The van der Waals surface area contributed by atoms with E-state index in [0.29, 0.717) is 29.0 Å². The van der Waals surface area contributed by atoms with Crippen molar-refractivity contribution < 1.29 is 14.6 Å². The zero-order chi connectivity index (χ0) is 31.6. The van der Waals surface area contributed by atoms with E-state index in [1.165, 1.54) is 18.5 Å². The van der Waals surface area contributed by atoms with Crippen molar-refractivity contribution in [3.63, 3.8) is 0 Å². The first-order valence-corrected chi connectivity index (χ1v) is 16.7. The lowest BCUT2D eigenvalue weighted by atomic mass is 9.93. The highest BCUT2D eigenvalue weighted by atomic mass is 16.5. The van der Waals surface area contributed by atoms with Crippen LogP contribution >= 0.6 is 0 Å². The van der Waals surface area contributed by atoms with Crippen LogP contribution in [0.15, 0.2) is 60.8 Å². The number of imidazole rings is 1.